The number of allylic oxidation sites excluding steroid dienone is 1. The molecular formula is C18H28N4O2S. The second-order valence-electron chi connectivity index (χ2n) is 6.17. The SMILES string of the molecule is CCNC(=NCc1cccc(S(N)(=O)=O)c1)NCCC1=CCCCC1. The van der Waals surface area contributed by atoms with Gasteiger partial charge in [-0.1, -0.05) is 23.8 Å². The van der Waals surface area contributed by atoms with E-state index >= 15 is 0 Å². The van der Waals surface area contributed by atoms with Crippen molar-refractivity contribution in [2.45, 2.75) is 50.5 Å². The fourth-order valence-electron chi connectivity index (χ4n) is 2.81. The Bertz CT molecular complexity index is 726. The summed E-state index contributed by atoms with van der Waals surface area (Å²) in [6.45, 7) is 4.02. The number of aliphatic imine (C=N–C) groups is 1. The summed E-state index contributed by atoms with van der Waals surface area (Å²) in [5, 5.41) is 11.7. The van der Waals surface area contributed by atoms with Crippen LogP contribution in [-0.2, 0) is 16.6 Å². The first-order valence-electron chi connectivity index (χ1n) is 8.81. The predicted octanol–water partition coefficient (Wildman–Crippen LogP) is 2.28. The quantitative estimate of drug-likeness (QED) is 0.393. The van der Waals surface area contributed by atoms with Crippen LogP contribution in [0.25, 0.3) is 0 Å². The van der Waals surface area contributed by atoms with Crippen LogP contribution < -0.4 is 15.8 Å². The van der Waals surface area contributed by atoms with Crippen molar-refractivity contribution in [2.75, 3.05) is 13.1 Å². The third-order valence-corrected chi connectivity index (χ3v) is 5.03. The van der Waals surface area contributed by atoms with Gasteiger partial charge >= 0.3 is 0 Å². The van der Waals surface area contributed by atoms with Crippen LogP contribution in [0, 0.1) is 0 Å². The Hall–Kier alpha value is -1.86. The number of primary sulfonamides is 1. The lowest BCUT2D eigenvalue weighted by atomic mass is 9.97. The summed E-state index contributed by atoms with van der Waals surface area (Å²) in [7, 11) is -3.69. The van der Waals surface area contributed by atoms with E-state index in [0.717, 1.165) is 31.0 Å². The standard InChI is InChI=1S/C18H28N4O2S/c1-2-20-18(21-12-11-15-7-4-3-5-8-15)22-14-16-9-6-10-17(13-16)25(19,23)24/h6-7,9-10,13H,2-5,8,11-12,14H2,1H3,(H2,19,23,24)(H2,20,21,22). The van der Waals surface area contributed by atoms with E-state index in [4.69, 9.17) is 5.14 Å². The molecule has 0 unspecified atom stereocenters. The number of sulfonamides is 1. The molecule has 1 aliphatic carbocycles. The molecule has 0 bridgehead atoms. The Morgan fingerprint density at radius 2 is 2.12 bits per heavy atom. The van der Waals surface area contributed by atoms with Gasteiger partial charge in [0.1, 0.15) is 0 Å². The van der Waals surface area contributed by atoms with E-state index in [0.29, 0.717) is 6.54 Å². The first kappa shape index (κ1) is 19.5. The molecule has 0 spiro atoms. The maximum absolute atomic E-state index is 11.4. The van der Waals surface area contributed by atoms with E-state index in [2.05, 4.69) is 21.7 Å². The summed E-state index contributed by atoms with van der Waals surface area (Å²) in [4.78, 5) is 4.64. The van der Waals surface area contributed by atoms with Gasteiger partial charge in [-0.05, 0) is 56.7 Å². The summed E-state index contributed by atoms with van der Waals surface area (Å²) < 4.78 is 22.9. The van der Waals surface area contributed by atoms with Gasteiger partial charge in [0.25, 0.3) is 0 Å². The third-order valence-electron chi connectivity index (χ3n) is 4.11. The van der Waals surface area contributed by atoms with Crippen LogP contribution in [-0.4, -0.2) is 27.5 Å². The lowest BCUT2D eigenvalue weighted by Crippen LogP contribution is -2.37. The highest BCUT2D eigenvalue weighted by Crippen LogP contribution is 2.19. The van der Waals surface area contributed by atoms with Crippen LogP contribution in [0.2, 0.25) is 0 Å². The molecule has 0 aliphatic heterocycles. The molecule has 1 aromatic carbocycles. The first-order chi connectivity index (χ1) is 12.0. The summed E-state index contributed by atoms with van der Waals surface area (Å²) in [6, 6.07) is 6.58. The number of benzene rings is 1. The van der Waals surface area contributed by atoms with E-state index in [1.165, 1.54) is 37.3 Å². The number of nitrogens with zero attached hydrogens (tertiary/aromatic N) is 1. The van der Waals surface area contributed by atoms with E-state index in [1.807, 2.05) is 13.0 Å². The number of nitrogens with two attached hydrogens (primary N) is 1. The molecule has 0 saturated heterocycles. The smallest absolute Gasteiger partial charge is 0.238 e. The Kier molecular flexibility index (Phi) is 7.46. The van der Waals surface area contributed by atoms with E-state index in [9.17, 15) is 8.42 Å². The Morgan fingerprint density at radius 1 is 1.28 bits per heavy atom. The second-order valence-corrected chi connectivity index (χ2v) is 7.73. The third kappa shape index (κ3) is 6.88. The lowest BCUT2D eigenvalue weighted by molar-refractivity contribution is 0.597. The maximum atomic E-state index is 11.4. The average Bonchev–Trinajstić information content (AvgIpc) is 2.60. The van der Waals surface area contributed by atoms with E-state index in [-0.39, 0.29) is 4.90 Å². The first-order valence-corrected chi connectivity index (χ1v) is 10.4. The van der Waals surface area contributed by atoms with Crippen molar-refractivity contribution in [1.29, 1.82) is 0 Å². The number of hydrogen-bond donors (Lipinski definition) is 3. The minimum absolute atomic E-state index is 0.113. The molecule has 2 rings (SSSR count). The average molecular weight is 365 g/mol. The highest BCUT2D eigenvalue weighted by Gasteiger charge is 2.08. The van der Waals surface area contributed by atoms with Crippen LogP contribution in [0.4, 0.5) is 0 Å². The topological polar surface area (TPSA) is 96.6 Å². The van der Waals surface area contributed by atoms with E-state index in [1.54, 1.807) is 12.1 Å². The molecule has 0 radical (unpaired) electrons. The van der Waals surface area contributed by atoms with Crippen molar-refractivity contribution in [2.24, 2.45) is 10.1 Å². The van der Waals surface area contributed by atoms with Crippen molar-refractivity contribution < 1.29 is 8.42 Å². The largest absolute Gasteiger partial charge is 0.357 e. The molecule has 0 fully saturated rings. The van der Waals surface area contributed by atoms with Gasteiger partial charge in [-0.15, -0.1) is 0 Å². The minimum atomic E-state index is -3.69. The highest BCUT2D eigenvalue weighted by atomic mass is 32.2. The zero-order chi connectivity index (χ0) is 18.1. The molecule has 7 heteroatoms. The molecule has 0 heterocycles. The Balaban J connectivity index is 1.93. The second kappa shape index (κ2) is 9.58. The Morgan fingerprint density at radius 3 is 2.80 bits per heavy atom. The summed E-state index contributed by atoms with van der Waals surface area (Å²) in [6.07, 6.45) is 8.39. The van der Waals surface area contributed by atoms with Crippen molar-refractivity contribution >= 4 is 16.0 Å². The van der Waals surface area contributed by atoms with Crippen molar-refractivity contribution in [3.05, 3.63) is 41.5 Å². The van der Waals surface area contributed by atoms with Crippen LogP contribution >= 0.6 is 0 Å². The molecule has 0 atom stereocenters. The lowest BCUT2D eigenvalue weighted by Gasteiger charge is -2.15. The summed E-state index contributed by atoms with van der Waals surface area (Å²) in [5.74, 6) is 0.736. The van der Waals surface area contributed by atoms with E-state index < -0.39 is 10.0 Å². The predicted molar refractivity (Wildman–Crippen MR) is 102 cm³/mol. The minimum Gasteiger partial charge on any atom is -0.357 e. The molecule has 0 saturated carbocycles. The molecule has 6 nitrogen and oxygen atoms in total. The van der Waals surface area contributed by atoms with Gasteiger partial charge in [0.05, 0.1) is 11.4 Å². The molecule has 1 aromatic rings. The molecule has 25 heavy (non-hydrogen) atoms. The number of rotatable bonds is 7. The normalized spacial score (nSPS) is 15.6. The number of nitrogens with one attached hydrogen (secondary N) is 2. The molecule has 0 amide bonds. The van der Waals surface area contributed by atoms with Gasteiger partial charge in [-0.3, -0.25) is 0 Å². The molecule has 138 valence electrons. The molecular weight excluding hydrogens is 336 g/mol. The fraction of sp³-hybridized carbons (Fsp3) is 0.500. The summed E-state index contributed by atoms with van der Waals surface area (Å²) in [5.41, 5.74) is 2.33. The monoisotopic (exact) mass is 364 g/mol. The van der Waals surface area contributed by atoms with Crippen molar-refractivity contribution in [3.8, 4) is 0 Å². The molecule has 4 N–H and O–H groups in total. The Labute approximate surface area is 150 Å². The zero-order valence-corrected chi connectivity index (χ0v) is 15.6. The molecule has 0 aromatic heterocycles. The van der Waals surface area contributed by atoms with Crippen LogP contribution in [0.1, 0.15) is 44.6 Å². The van der Waals surface area contributed by atoms with Gasteiger partial charge in [0, 0.05) is 13.1 Å². The fourth-order valence-corrected chi connectivity index (χ4v) is 3.39. The maximum Gasteiger partial charge on any atom is 0.238 e. The number of guanidine groups is 1. The van der Waals surface area contributed by atoms with Gasteiger partial charge in [-0.2, -0.15) is 0 Å². The van der Waals surface area contributed by atoms with Crippen LogP contribution in [0.3, 0.4) is 0 Å². The van der Waals surface area contributed by atoms with Gasteiger partial charge in [0.15, 0.2) is 5.96 Å². The zero-order valence-electron chi connectivity index (χ0n) is 14.8. The summed E-state index contributed by atoms with van der Waals surface area (Å²) >= 11 is 0. The molecule has 1 aliphatic rings. The number of hydrogen-bond acceptors (Lipinski definition) is 3. The highest BCUT2D eigenvalue weighted by molar-refractivity contribution is 7.89. The van der Waals surface area contributed by atoms with Gasteiger partial charge < -0.3 is 10.6 Å². The van der Waals surface area contributed by atoms with Crippen LogP contribution in [0.5, 0.6) is 0 Å². The van der Waals surface area contributed by atoms with Crippen molar-refractivity contribution in [3.63, 3.8) is 0 Å². The van der Waals surface area contributed by atoms with Gasteiger partial charge in [-0.25, -0.2) is 18.5 Å². The van der Waals surface area contributed by atoms with Crippen LogP contribution in [0.15, 0.2) is 45.8 Å². The van der Waals surface area contributed by atoms with Gasteiger partial charge in [0.2, 0.25) is 10.0 Å². The van der Waals surface area contributed by atoms with Crippen molar-refractivity contribution in [1.82, 2.24) is 10.6 Å².